The molecule has 4 atom stereocenters. The second-order valence-corrected chi connectivity index (χ2v) is 9.36. The van der Waals surface area contributed by atoms with Crippen molar-refractivity contribution in [2.75, 3.05) is 13.1 Å². The number of carbonyl (C=O) groups is 6. The van der Waals surface area contributed by atoms with Crippen molar-refractivity contribution in [1.29, 1.82) is 0 Å². The molecule has 0 unspecified atom stereocenters. The van der Waals surface area contributed by atoms with E-state index in [1.165, 1.54) is 6.92 Å². The Labute approximate surface area is 200 Å². The smallest absolute Gasteiger partial charge is 0.223 e. The molecule has 1 heterocycles. The van der Waals surface area contributed by atoms with Crippen LogP contribution in [0.2, 0.25) is 0 Å². The summed E-state index contributed by atoms with van der Waals surface area (Å²) < 4.78 is 0. The summed E-state index contributed by atoms with van der Waals surface area (Å²) in [6.45, 7) is 5.33. The lowest BCUT2D eigenvalue weighted by molar-refractivity contribution is -0.133. The van der Waals surface area contributed by atoms with Crippen LogP contribution in [0.4, 0.5) is 0 Å². The summed E-state index contributed by atoms with van der Waals surface area (Å²) in [5, 5.41) is 17.5. The Kier molecular flexibility index (Phi) is 12.6. The summed E-state index contributed by atoms with van der Waals surface area (Å²) in [5.74, 6) is -3.02. The fourth-order valence-corrected chi connectivity index (χ4v) is 3.83. The summed E-state index contributed by atoms with van der Waals surface area (Å²) in [5.41, 5.74) is 5.20. The molecule has 11 heteroatoms. The van der Waals surface area contributed by atoms with Crippen molar-refractivity contribution >= 4 is 35.1 Å². The van der Waals surface area contributed by atoms with Crippen molar-refractivity contribution in [2.24, 2.45) is 17.6 Å². The molecule has 0 bridgehead atoms. The Morgan fingerprint density at radius 3 is 2.29 bits per heavy atom. The molecule has 1 aliphatic rings. The predicted octanol–water partition coefficient (Wildman–Crippen LogP) is -0.864. The molecule has 192 valence electrons. The van der Waals surface area contributed by atoms with E-state index in [0.29, 0.717) is 19.4 Å². The Hall–Kier alpha value is -2.66. The van der Waals surface area contributed by atoms with Gasteiger partial charge in [-0.1, -0.05) is 13.8 Å². The van der Waals surface area contributed by atoms with E-state index in [2.05, 4.69) is 16.0 Å². The minimum Gasteiger partial charge on any atom is -0.392 e. The van der Waals surface area contributed by atoms with Gasteiger partial charge in [-0.05, 0) is 32.1 Å². The summed E-state index contributed by atoms with van der Waals surface area (Å²) in [6, 6.07) is -1.53. The van der Waals surface area contributed by atoms with Gasteiger partial charge in [0.25, 0.3) is 0 Å². The number of primary amides is 1. The molecule has 3 amide bonds. The van der Waals surface area contributed by atoms with Gasteiger partial charge in [0, 0.05) is 38.1 Å². The SMILES string of the molecule is CC(=O)CNC(=O)[C@H](CC(=O)[C@@H](CCC(N)=O)NC(=O)CCC(=O)[C@@H]1C[C@@H](O)CN1)CC(C)C. The lowest BCUT2D eigenvalue weighted by atomic mass is 9.88. The van der Waals surface area contributed by atoms with Gasteiger partial charge < -0.3 is 26.8 Å². The Balaban J connectivity index is 2.76. The number of Topliss-reactive ketones (excluding diaryl/α,β-unsaturated/α-hetero) is 3. The number of β-amino-alcohol motifs (C(OH)–C–C–N with tert-alkyl or cyclic N) is 1. The zero-order chi connectivity index (χ0) is 25.8. The highest BCUT2D eigenvalue weighted by Gasteiger charge is 2.30. The third kappa shape index (κ3) is 11.5. The number of nitrogens with one attached hydrogen (secondary N) is 3. The quantitative estimate of drug-likeness (QED) is 0.188. The van der Waals surface area contributed by atoms with Crippen LogP contribution >= 0.6 is 0 Å². The molecule has 1 saturated heterocycles. The topological polar surface area (TPSA) is 185 Å². The van der Waals surface area contributed by atoms with Crippen molar-refractivity contribution in [3.63, 3.8) is 0 Å². The number of nitrogens with two attached hydrogens (primary N) is 1. The van der Waals surface area contributed by atoms with E-state index in [1.807, 2.05) is 13.8 Å². The number of amides is 3. The molecular formula is C23H38N4O7. The summed E-state index contributed by atoms with van der Waals surface area (Å²) in [6.07, 6.45) is -0.431. The van der Waals surface area contributed by atoms with Crippen LogP contribution in [-0.2, 0) is 28.8 Å². The van der Waals surface area contributed by atoms with Gasteiger partial charge in [-0.3, -0.25) is 28.8 Å². The van der Waals surface area contributed by atoms with E-state index in [1.54, 1.807) is 0 Å². The standard InChI is InChI=1S/C23H38N4O7/c1-13(2)8-15(23(34)26-11-14(3)28)9-20(31)17(4-6-21(24)32)27-22(33)7-5-19(30)18-10-16(29)12-25-18/h13,15-18,25,29H,4-12H2,1-3H3,(H2,24,32)(H,26,34)(H,27,33)/t15-,16+,17+,18-/m0/s1. The Morgan fingerprint density at radius 1 is 1.09 bits per heavy atom. The van der Waals surface area contributed by atoms with Gasteiger partial charge in [-0.25, -0.2) is 0 Å². The average Bonchev–Trinajstić information content (AvgIpc) is 3.18. The molecule has 11 nitrogen and oxygen atoms in total. The number of ketones is 3. The van der Waals surface area contributed by atoms with Crippen molar-refractivity contribution < 1.29 is 33.9 Å². The largest absolute Gasteiger partial charge is 0.392 e. The van der Waals surface area contributed by atoms with Crippen LogP contribution in [-0.4, -0.2) is 71.5 Å². The average molecular weight is 483 g/mol. The molecule has 0 aromatic carbocycles. The summed E-state index contributed by atoms with van der Waals surface area (Å²) in [7, 11) is 0. The van der Waals surface area contributed by atoms with Crippen LogP contribution in [0.15, 0.2) is 0 Å². The Morgan fingerprint density at radius 2 is 1.76 bits per heavy atom. The van der Waals surface area contributed by atoms with Crippen LogP contribution in [0.5, 0.6) is 0 Å². The molecule has 6 N–H and O–H groups in total. The Bertz CT molecular complexity index is 768. The fourth-order valence-electron chi connectivity index (χ4n) is 3.83. The fraction of sp³-hybridized carbons (Fsp3) is 0.739. The number of carbonyl (C=O) groups excluding carboxylic acids is 6. The number of hydrogen-bond donors (Lipinski definition) is 5. The van der Waals surface area contributed by atoms with Gasteiger partial charge in [0.1, 0.15) is 11.6 Å². The molecule has 0 aromatic heterocycles. The molecule has 0 spiro atoms. The van der Waals surface area contributed by atoms with Gasteiger partial charge in [-0.2, -0.15) is 0 Å². The highest BCUT2D eigenvalue weighted by atomic mass is 16.3. The first kappa shape index (κ1) is 29.4. The van der Waals surface area contributed by atoms with Crippen molar-refractivity contribution in [2.45, 2.75) is 83.9 Å². The number of aliphatic hydroxyl groups excluding tert-OH is 1. The zero-order valence-electron chi connectivity index (χ0n) is 20.2. The van der Waals surface area contributed by atoms with E-state index >= 15 is 0 Å². The molecule has 0 aliphatic carbocycles. The third-order valence-electron chi connectivity index (χ3n) is 5.58. The molecule has 1 rings (SSSR count). The maximum Gasteiger partial charge on any atom is 0.223 e. The molecule has 0 saturated carbocycles. The minimum atomic E-state index is -1.03. The van der Waals surface area contributed by atoms with E-state index in [0.717, 1.165) is 0 Å². The third-order valence-corrected chi connectivity index (χ3v) is 5.58. The minimum absolute atomic E-state index is 0.0201. The monoisotopic (exact) mass is 482 g/mol. The zero-order valence-corrected chi connectivity index (χ0v) is 20.2. The lowest BCUT2D eigenvalue weighted by Gasteiger charge is -2.22. The first-order valence-corrected chi connectivity index (χ1v) is 11.7. The van der Waals surface area contributed by atoms with Gasteiger partial charge in [0.2, 0.25) is 17.7 Å². The molecule has 0 aromatic rings. The van der Waals surface area contributed by atoms with Crippen LogP contribution in [0, 0.1) is 11.8 Å². The van der Waals surface area contributed by atoms with Crippen molar-refractivity contribution in [3.05, 3.63) is 0 Å². The second kappa shape index (κ2) is 14.6. The van der Waals surface area contributed by atoms with Crippen LogP contribution in [0.3, 0.4) is 0 Å². The van der Waals surface area contributed by atoms with E-state index in [4.69, 9.17) is 5.73 Å². The highest BCUT2D eigenvalue weighted by Crippen LogP contribution is 2.18. The van der Waals surface area contributed by atoms with Crippen LogP contribution in [0.25, 0.3) is 0 Å². The van der Waals surface area contributed by atoms with E-state index < -0.39 is 47.6 Å². The molecule has 34 heavy (non-hydrogen) atoms. The van der Waals surface area contributed by atoms with E-state index in [-0.39, 0.29) is 56.1 Å². The van der Waals surface area contributed by atoms with Gasteiger partial charge in [-0.15, -0.1) is 0 Å². The molecule has 1 fully saturated rings. The van der Waals surface area contributed by atoms with Gasteiger partial charge in [0.15, 0.2) is 5.78 Å². The van der Waals surface area contributed by atoms with E-state index in [9.17, 15) is 33.9 Å². The lowest BCUT2D eigenvalue weighted by Crippen LogP contribution is -2.44. The molecular weight excluding hydrogens is 444 g/mol. The number of hydrogen-bond acceptors (Lipinski definition) is 8. The van der Waals surface area contributed by atoms with Crippen molar-refractivity contribution in [1.82, 2.24) is 16.0 Å². The van der Waals surface area contributed by atoms with Crippen LogP contribution in [0.1, 0.15) is 65.7 Å². The number of rotatable bonds is 16. The molecule has 1 aliphatic heterocycles. The predicted molar refractivity (Wildman–Crippen MR) is 123 cm³/mol. The van der Waals surface area contributed by atoms with Gasteiger partial charge >= 0.3 is 0 Å². The summed E-state index contributed by atoms with van der Waals surface area (Å²) >= 11 is 0. The van der Waals surface area contributed by atoms with Gasteiger partial charge in [0.05, 0.1) is 24.7 Å². The molecule has 0 radical (unpaired) electrons. The normalized spacial score (nSPS) is 19.3. The highest BCUT2D eigenvalue weighted by molar-refractivity contribution is 5.94. The second-order valence-electron chi connectivity index (χ2n) is 9.36. The first-order chi connectivity index (χ1) is 15.9. The van der Waals surface area contributed by atoms with Crippen LogP contribution < -0.4 is 21.7 Å². The number of aliphatic hydroxyl groups is 1. The summed E-state index contributed by atoms with van der Waals surface area (Å²) in [4.78, 5) is 72.6. The maximum absolute atomic E-state index is 13.0. The first-order valence-electron chi connectivity index (χ1n) is 11.7. The maximum atomic E-state index is 13.0. The van der Waals surface area contributed by atoms with Crippen molar-refractivity contribution in [3.8, 4) is 0 Å².